The Morgan fingerprint density at radius 1 is 1.14 bits per heavy atom. The van der Waals surface area contributed by atoms with Crippen molar-refractivity contribution in [3.8, 4) is 17.1 Å². The van der Waals surface area contributed by atoms with Crippen LogP contribution in [0.5, 0.6) is 0 Å². The third kappa shape index (κ3) is 6.25. The van der Waals surface area contributed by atoms with E-state index in [-0.39, 0.29) is 24.1 Å². The van der Waals surface area contributed by atoms with Crippen molar-refractivity contribution in [3.05, 3.63) is 81.8 Å². The van der Waals surface area contributed by atoms with Crippen molar-refractivity contribution < 1.29 is 27.8 Å². The number of para-hydroxylation sites is 1. The van der Waals surface area contributed by atoms with Gasteiger partial charge in [0.25, 0.3) is 5.91 Å². The molecule has 0 saturated carbocycles. The highest BCUT2D eigenvalue weighted by Crippen LogP contribution is 2.25. The van der Waals surface area contributed by atoms with E-state index in [0.717, 1.165) is 9.25 Å². The summed E-state index contributed by atoms with van der Waals surface area (Å²) in [7, 11) is 0. The van der Waals surface area contributed by atoms with Gasteiger partial charge in [-0.3, -0.25) is 9.36 Å². The van der Waals surface area contributed by atoms with Gasteiger partial charge in [0, 0.05) is 23.7 Å². The molecule has 42 heavy (non-hydrogen) atoms. The van der Waals surface area contributed by atoms with E-state index in [1.54, 1.807) is 29.2 Å². The third-order valence-corrected chi connectivity index (χ3v) is 6.94. The van der Waals surface area contributed by atoms with Crippen molar-refractivity contribution in [1.82, 2.24) is 34.0 Å². The van der Waals surface area contributed by atoms with Gasteiger partial charge in [-0.15, -0.1) is 10.2 Å². The van der Waals surface area contributed by atoms with Crippen LogP contribution in [-0.2, 0) is 17.8 Å². The highest BCUT2D eigenvalue weighted by molar-refractivity contribution is 6.30. The third-order valence-electron chi connectivity index (χ3n) is 6.68. The molecule has 0 aliphatic carbocycles. The number of hydrogen-bond acceptors (Lipinski definition) is 7. The summed E-state index contributed by atoms with van der Waals surface area (Å²) in [5, 5.41) is 18.7. The van der Waals surface area contributed by atoms with Crippen LogP contribution in [0.4, 0.5) is 13.2 Å². The van der Waals surface area contributed by atoms with Crippen LogP contribution in [0.25, 0.3) is 17.1 Å². The van der Waals surface area contributed by atoms with Crippen LogP contribution >= 0.6 is 11.6 Å². The lowest BCUT2D eigenvalue weighted by Crippen LogP contribution is -2.50. The number of benzene rings is 2. The smallest absolute Gasteiger partial charge is 0.382 e. The number of halogens is 4. The molecule has 1 fully saturated rings. The van der Waals surface area contributed by atoms with E-state index >= 15 is 0 Å². The molecule has 0 radical (unpaired) electrons. The number of alkyl halides is 3. The van der Waals surface area contributed by atoms with Crippen molar-refractivity contribution in [2.45, 2.75) is 44.8 Å². The van der Waals surface area contributed by atoms with Gasteiger partial charge >= 0.3 is 11.9 Å². The number of hydrogen-bond donors (Lipinski definition) is 1. The van der Waals surface area contributed by atoms with E-state index in [1.165, 1.54) is 35.3 Å². The zero-order valence-electron chi connectivity index (χ0n) is 22.6. The Kier molecular flexibility index (Phi) is 7.96. The predicted molar refractivity (Wildman–Crippen MR) is 145 cm³/mol. The first-order valence-electron chi connectivity index (χ1n) is 12.9. The molecule has 15 heteroatoms. The predicted octanol–water partition coefficient (Wildman–Crippen LogP) is 3.17. The molecule has 2 aromatic carbocycles. The number of morpholine rings is 1. The van der Waals surface area contributed by atoms with E-state index in [4.69, 9.17) is 16.3 Å². The zero-order chi connectivity index (χ0) is 30.2. The summed E-state index contributed by atoms with van der Waals surface area (Å²) in [6.07, 6.45) is -6.36. The van der Waals surface area contributed by atoms with Crippen LogP contribution in [0.1, 0.15) is 30.0 Å². The van der Waals surface area contributed by atoms with Gasteiger partial charge in [0.2, 0.25) is 0 Å². The van der Waals surface area contributed by atoms with Crippen LogP contribution < -0.4 is 5.69 Å². The fourth-order valence-electron chi connectivity index (χ4n) is 4.63. The summed E-state index contributed by atoms with van der Waals surface area (Å²) in [6, 6.07) is 12.9. The van der Waals surface area contributed by atoms with Crippen LogP contribution in [0.3, 0.4) is 0 Å². The molecule has 1 aliphatic rings. The maximum Gasteiger partial charge on any atom is 0.416 e. The van der Waals surface area contributed by atoms with Crippen molar-refractivity contribution in [1.29, 1.82) is 0 Å². The minimum atomic E-state index is -4.94. The van der Waals surface area contributed by atoms with Gasteiger partial charge in [0.1, 0.15) is 12.9 Å². The number of rotatable bonds is 7. The van der Waals surface area contributed by atoms with Crippen molar-refractivity contribution >= 4 is 17.5 Å². The first kappa shape index (κ1) is 29.5. The van der Waals surface area contributed by atoms with Crippen LogP contribution in [-0.4, -0.2) is 82.6 Å². The summed E-state index contributed by atoms with van der Waals surface area (Å²) in [4.78, 5) is 32.5. The molecule has 3 heterocycles. The fourth-order valence-corrected chi connectivity index (χ4v) is 4.76. The minimum absolute atomic E-state index is 0.0937. The molecule has 0 bridgehead atoms. The lowest BCUT2D eigenvalue weighted by atomic mass is 10.1. The Bertz CT molecular complexity index is 1650. The Morgan fingerprint density at radius 3 is 2.55 bits per heavy atom. The van der Waals surface area contributed by atoms with Gasteiger partial charge in [0.15, 0.2) is 17.8 Å². The molecule has 0 spiro atoms. The molecule has 1 saturated heterocycles. The highest BCUT2D eigenvalue weighted by atomic mass is 35.5. The molecule has 1 aliphatic heterocycles. The number of aliphatic hydroxyl groups is 1. The Labute approximate surface area is 242 Å². The molecule has 5 rings (SSSR count). The lowest BCUT2D eigenvalue weighted by Gasteiger charge is -2.38. The molecular weight excluding hydrogens is 579 g/mol. The maximum atomic E-state index is 13.4. The number of amides is 1. The van der Waals surface area contributed by atoms with E-state index in [0.29, 0.717) is 41.5 Å². The number of nitrogens with zero attached hydrogens (tertiary/aromatic N) is 7. The molecule has 222 valence electrons. The number of aliphatic hydroxyl groups excluding tert-OH is 1. The normalized spacial score (nSPS) is 16.0. The summed E-state index contributed by atoms with van der Waals surface area (Å²) in [6.45, 7) is 3.73. The van der Waals surface area contributed by atoms with Gasteiger partial charge in [-0.2, -0.15) is 13.2 Å². The molecule has 2 aromatic heterocycles. The van der Waals surface area contributed by atoms with E-state index in [9.17, 15) is 27.9 Å². The number of carbonyl (C=O) groups excluding carboxylic acids is 1. The monoisotopic (exact) mass is 605 g/mol. The van der Waals surface area contributed by atoms with Crippen molar-refractivity contribution in [2.24, 2.45) is 0 Å². The maximum absolute atomic E-state index is 13.4. The summed E-state index contributed by atoms with van der Waals surface area (Å²) in [5.41, 5.74) is -0.217. The minimum Gasteiger partial charge on any atom is -0.382 e. The van der Waals surface area contributed by atoms with Gasteiger partial charge < -0.3 is 14.7 Å². The summed E-state index contributed by atoms with van der Waals surface area (Å²) < 4.78 is 48.2. The number of ether oxygens (including phenoxy) is 1. The van der Waals surface area contributed by atoms with Gasteiger partial charge in [-0.05, 0) is 50.2 Å². The SMILES string of the molecule is CC1(C)CN(C(=O)c2ccccc2-n2cnc(Cn3nc(-c4ccc(Cl)cc4)n(C[C@H](O)C(F)(F)F)c3=O)n2)CCO1. The quantitative estimate of drug-likeness (QED) is 0.344. The Hall–Kier alpha value is -4.01. The van der Waals surface area contributed by atoms with E-state index in [1.807, 2.05) is 13.8 Å². The van der Waals surface area contributed by atoms with E-state index < -0.39 is 30.1 Å². The second kappa shape index (κ2) is 11.3. The van der Waals surface area contributed by atoms with Crippen LogP contribution in [0.2, 0.25) is 5.02 Å². The topological polar surface area (TPSA) is 120 Å². The van der Waals surface area contributed by atoms with Crippen LogP contribution in [0.15, 0.2) is 59.7 Å². The molecule has 1 amide bonds. The van der Waals surface area contributed by atoms with Crippen LogP contribution in [0, 0.1) is 0 Å². The lowest BCUT2D eigenvalue weighted by molar-refractivity contribution is -0.207. The second-order valence-corrected chi connectivity index (χ2v) is 10.8. The second-order valence-electron chi connectivity index (χ2n) is 10.4. The molecule has 11 nitrogen and oxygen atoms in total. The summed E-state index contributed by atoms with van der Waals surface area (Å²) in [5.74, 6) is -0.177. The average Bonchev–Trinajstić information content (AvgIpc) is 3.52. The van der Waals surface area contributed by atoms with Gasteiger partial charge in [-0.1, -0.05) is 23.7 Å². The van der Waals surface area contributed by atoms with Gasteiger partial charge in [0.05, 0.1) is 30.0 Å². The Morgan fingerprint density at radius 2 is 1.86 bits per heavy atom. The van der Waals surface area contributed by atoms with Crippen molar-refractivity contribution in [3.63, 3.8) is 0 Å². The van der Waals surface area contributed by atoms with Crippen molar-refractivity contribution in [2.75, 3.05) is 19.7 Å². The fraction of sp³-hybridized carbons (Fsp3) is 0.370. The standard InChI is InChI=1S/C27H27ClF3N7O4/c1-26(2)15-35(11-12-42-26)24(40)19-5-3-4-6-20(19)38-16-32-22(33-38)14-37-25(41)36(13-21(39)27(29,30)31)23(34-37)17-7-9-18(28)10-8-17/h3-10,16,21,39H,11-15H2,1-2H3/t21-/m0/s1. The number of aromatic nitrogens is 6. The number of carbonyl (C=O) groups is 1. The molecular formula is C27H27ClF3N7O4. The molecule has 1 N–H and O–H groups in total. The van der Waals surface area contributed by atoms with E-state index in [2.05, 4.69) is 15.2 Å². The highest BCUT2D eigenvalue weighted by Gasteiger charge is 2.39. The largest absolute Gasteiger partial charge is 0.416 e. The first-order chi connectivity index (χ1) is 19.8. The summed E-state index contributed by atoms with van der Waals surface area (Å²) >= 11 is 5.94. The molecule has 4 aromatic rings. The first-order valence-corrected chi connectivity index (χ1v) is 13.3. The average molecular weight is 606 g/mol. The zero-order valence-corrected chi connectivity index (χ0v) is 23.4. The molecule has 0 unspecified atom stereocenters. The van der Waals surface area contributed by atoms with Gasteiger partial charge in [-0.25, -0.2) is 19.1 Å². The Balaban J connectivity index is 1.45. The molecule has 1 atom stereocenters.